The lowest BCUT2D eigenvalue weighted by Gasteiger charge is -2.35. The highest BCUT2D eigenvalue weighted by Crippen LogP contribution is 2.22. The van der Waals surface area contributed by atoms with Crippen LogP contribution in [0.4, 0.5) is 0 Å². The van der Waals surface area contributed by atoms with E-state index in [1.165, 1.54) is 36.8 Å². The maximum absolute atomic E-state index is 12.4. The molecule has 138 valence electrons. The van der Waals surface area contributed by atoms with Crippen molar-refractivity contribution in [3.63, 3.8) is 0 Å². The van der Waals surface area contributed by atoms with Gasteiger partial charge < -0.3 is 14.6 Å². The van der Waals surface area contributed by atoms with Gasteiger partial charge in [-0.1, -0.05) is 30.7 Å². The van der Waals surface area contributed by atoms with E-state index < -0.39 is 0 Å². The summed E-state index contributed by atoms with van der Waals surface area (Å²) in [7, 11) is 0. The molecule has 1 unspecified atom stereocenters. The predicted molar refractivity (Wildman–Crippen MR) is 102 cm³/mol. The Labute approximate surface area is 155 Å². The summed E-state index contributed by atoms with van der Waals surface area (Å²) in [5.74, 6) is 0.0945. The second-order valence-electron chi connectivity index (χ2n) is 7.66. The molecule has 1 aromatic carbocycles. The summed E-state index contributed by atoms with van der Waals surface area (Å²) >= 11 is 0. The summed E-state index contributed by atoms with van der Waals surface area (Å²) in [6.07, 6.45) is 11.3. The molecule has 0 radical (unpaired) electrons. The van der Waals surface area contributed by atoms with Crippen molar-refractivity contribution in [3.05, 3.63) is 59.5 Å². The van der Waals surface area contributed by atoms with E-state index in [1.807, 2.05) is 4.90 Å². The Morgan fingerprint density at radius 1 is 1.00 bits per heavy atom. The number of fused-ring (bicyclic) bond motifs is 1. The molecule has 4 nitrogen and oxygen atoms in total. The highest BCUT2D eigenvalue weighted by Gasteiger charge is 2.26. The van der Waals surface area contributed by atoms with Crippen LogP contribution in [0.3, 0.4) is 0 Å². The van der Waals surface area contributed by atoms with E-state index in [2.05, 4.69) is 29.6 Å². The van der Waals surface area contributed by atoms with Crippen molar-refractivity contribution in [2.45, 2.75) is 57.0 Å². The monoisotopic (exact) mass is 352 g/mol. The Morgan fingerprint density at radius 2 is 1.81 bits per heavy atom. The van der Waals surface area contributed by atoms with Gasteiger partial charge in [0, 0.05) is 25.2 Å². The fraction of sp³-hybridized carbons (Fsp3) is 0.500. The van der Waals surface area contributed by atoms with E-state index in [-0.39, 0.29) is 5.91 Å². The molecule has 2 heterocycles. The Balaban J connectivity index is 1.32. The number of piperidine rings is 1. The van der Waals surface area contributed by atoms with E-state index in [0.717, 1.165) is 32.4 Å². The molecule has 1 fully saturated rings. The lowest BCUT2D eigenvalue weighted by atomic mass is 9.89. The summed E-state index contributed by atoms with van der Waals surface area (Å²) in [5.41, 5.74) is 3.70. The van der Waals surface area contributed by atoms with Gasteiger partial charge in [-0.2, -0.15) is 0 Å². The smallest absolute Gasteiger partial charge is 0.257 e. The van der Waals surface area contributed by atoms with Crippen molar-refractivity contribution in [2.24, 2.45) is 0 Å². The Kier molecular flexibility index (Phi) is 5.40. The molecule has 1 amide bonds. The summed E-state index contributed by atoms with van der Waals surface area (Å²) < 4.78 is 5.04. The van der Waals surface area contributed by atoms with Gasteiger partial charge in [-0.3, -0.25) is 4.79 Å². The molecule has 0 bridgehead atoms. The molecule has 2 aliphatic rings. The van der Waals surface area contributed by atoms with Gasteiger partial charge in [0.25, 0.3) is 5.91 Å². The van der Waals surface area contributed by atoms with Crippen LogP contribution < -0.4 is 5.32 Å². The van der Waals surface area contributed by atoms with Crippen LogP contribution in [0.2, 0.25) is 0 Å². The number of likely N-dealkylation sites (tertiary alicyclic amines) is 1. The summed E-state index contributed by atoms with van der Waals surface area (Å²) in [6, 6.07) is 11.7. The second kappa shape index (κ2) is 8.09. The molecule has 4 rings (SSSR count). The first-order valence-electron chi connectivity index (χ1n) is 9.94. The molecule has 1 aliphatic heterocycles. The van der Waals surface area contributed by atoms with Crippen molar-refractivity contribution < 1.29 is 9.21 Å². The fourth-order valence-corrected chi connectivity index (χ4v) is 4.37. The first-order valence-corrected chi connectivity index (χ1v) is 9.94. The fourth-order valence-electron chi connectivity index (χ4n) is 4.37. The normalized spacial score (nSPS) is 21.7. The molecule has 1 N–H and O–H groups in total. The minimum atomic E-state index is 0.0945. The van der Waals surface area contributed by atoms with E-state index in [0.29, 0.717) is 17.6 Å². The standard InChI is InChI=1S/C22H28N2O2/c25-22(19-11-14-26-16-19)24-12-9-20(10-13-24)23-21-8-4-3-6-17-5-1-2-7-18(17)15-21/h1-2,5,7,11,14,16,20-21,23H,3-4,6,8-10,12-13,15H2. The van der Waals surface area contributed by atoms with Gasteiger partial charge in [-0.05, 0) is 55.7 Å². The van der Waals surface area contributed by atoms with Crippen LogP contribution in [0.25, 0.3) is 0 Å². The number of hydrogen-bond acceptors (Lipinski definition) is 3. The van der Waals surface area contributed by atoms with E-state index >= 15 is 0 Å². The van der Waals surface area contributed by atoms with E-state index in [9.17, 15) is 4.79 Å². The Morgan fingerprint density at radius 3 is 2.58 bits per heavy atom. The molecule has 1 aliphatic carbocycles. The van der Waals surface area contributed by atoms with Gasteiger partial charge in [0.1, 0.15) is 6.26 Å². The third-order valence-corrected chi connectivity index (χ3v) is 5.86. The zero-order valence-corrected chi connectivity index (χ0v) is 15.3. The molecule has 0 saturated carbocycles. The molecular weight excluding hydrogens is 324 g/mol. The number of amides is 1. The Bertz CT molecular complexity index is 718. The van der Waals surface area contributed by atoms with Gasteiger partial charge in [0.15, 0.2) is 0 Å². The van der Waals surface area contributed by atoms with Crippen LogP contribution in [0.15, 0.2) is 47.3 Å². The van der Waals surface area contributed by atoms with E-state index in [4.69, 9.17) is 4.42 Å². The van der Waals surface area contributed by atoms with Crippen LogP contribution in [0, 0.1) is 0 Å². The zero-order valence-electron chi connectivity index (χ0n) is 15.3. The van der Waals surface area contributed by atoms with Crippen molar-refractivity contribution >= 4 is 5.91 Å². The van der Waals surface area contributed by atoms with Crippen molar-refractivity contribution in [2.75, 3.05) is 13.1 Å². The van der Waals surface area contributed by atoms with E-state index in [1.54, 1.807) is 18.6 Å². The molecule has 26 heavy (non-hydrogen) atoms. The lowest BCUT2D eigenvalue weighted by molar-refractivity contribution is 0.0700. The summed E-state index contributed by atoms with van der Waals surface area (Å²) in [4.78, 5) is 14.4. The molecule has 2 aromatic rings. The third-order valence-electron chi connectivity index (χ3n) is 5.86. The molecule has 1 saturated heterocycles. The first-order chi connectivity index (χ1) is 12.8. The van der Waals surface area contributed by atoms with Gasteiger partial charge in [0.2, 0.25) is 0 Å². The summed E-state index contributed by atoms with van der Waals surface area (Å²) in [5, 5.41) is 3.90. The molecular formula is C22H28N2O2. The number of rotatable bonds is 3. The summed E-state index contributed by atoms with van der Waals surface area (Å²) in [6.45, 7) is 1.65. The lowest BCUT2D eigenvalue weighted by Crippen LogP contribution is -2.48. The SMILES string of the molecule is O=C(c1ccoc1)N1CCC(NC2CCCCc3ccccc3C2)CC1. The van der Waals surface area contributed by atoms with Gasteiger partial charge in [-0.15, -0.1) is 0 Å². The van der Waals surface area contributed by atoms with Crippen molar-refractivity contribution in [1.29, 1.82) is 0 Å². The van der Waals surface area contributed by atoms with Crippen LogP contribution in [-0.2, 0) is 12.8 Å². The number of hydrogen-bond donors (Lipinski definition) is 1. The van der Waals surface area contributed by atoms with Crippen LogP contribution in [0.1, 0.15) is 53.6 Å². The molecule has 1 aromatic heterocycles. The largest absolute Gasteiger partial charge is 0.472 e. The minimum absolute atomic E-state index is 0.0945. The third kappa shape index (κ3) is 4.01. The van der Waals surface area contributed by atoms with Crippen LogP contribution in [0.5, 0.6) is 0 Å². The quantitative estimate of drug-likeness (QED) is 0.914. The first kappa shape index (κ1) is 17.3. The van der Waals surface area contributed by atoms with Crippen LogP contribution in [-0.4, -0.2) is 36.0 Å². The van der Waals surface area contributed by atoms with Gasteiger partial charge in [-0.25, -0.2) is 0 Å². The van der Waals surface area contributed by atoms with Gasteiger partial charge in [0.05, 0.1) is 11.8 Å². The van der Waals surface area contributed by atoms with Gasteiger partial charge >= 0.3 is 0 Å². The number of benzene rings is 1. The Hall–Kier alpha value is -2.07. The van der Waals surface area contributed by atoms with Crippen molar-refractivity contribution in [3.8, 4) is 0 Å². The minimum Gasteiger partial charge on any atom is -0.472 e. The maximum Gasteiger partial charge on any atom is 0.257 e. The molecule has 4 heteroatoms. The number of nitrogens with zero attached hydrogens (tertiary/aromatic N) is 1. The maximum atomic E-state index is 12.4. The van der Waals surface area contributed by atoms with Crippen LogP contribution >= 0.6 is 0 Å². The average Bonchev–Trinajstić information content (AvgIpc) is 3.19. The number of carbonyl (C=O) groups excluding carboxylic acids is 1. The van der Waals surface area contributed by atoms with Crippen molar-refractivity contribution in [1.82, 2.24) is 10.2 Å². The number of aryl methyl sites for hydroxylation is 1. The average molecular weight is 352 g/mol. The predicted octanol–water partition coefficient (Wildman–Crippen LogP) is 3.81. The number of furan rings is 1. The molecule has 0 spiro atoms. The highest BCUT2D eigenvalue weighted by molar-refractivity contribution is 5.93. The highest BCUT2D eigenvalue weighted by atomic mass is 16.3. The second-order valence-corrected chi connectivity index (χ2v) is 7.66. The zero-order chi connectivity index (χ0) is 17.8. The number of carbonyl (C=O) groups is 1. The topological polar surface area (TPSA) is 45.5 Å². The molecule has 1 atom stereocenters. The number of nitrogens with one attached hydrogen (secondary N) is 1.